The van der Waals surface area contributed by atoms with E-state index in [0.29, 0.717) is 46.7 Å². The lowest BCUT2D eigenvalue weighted by Crippen LogP contribution is -2.40. The second-order valence-electron chi connectivity index (χ2n) is 7.79. The second-order valence-corrected chi connectivity index (χ2v) is 8.27. The monoisotopic (exact) mass is 469 g/mol. The Morgan fingerprint density at radius 2 is 1.79 bits per heavy atom. The molecule has 170 valence electrons. The summed E-state index contributed by atoms with van der Waals surface area (Å²) in [5, 5.41) is 9.32. The highest BCUT2D eigenvalue weighted by atomic mass is 32.1. The fourth-order valence-electron chi connectivity index (χ4n) is 3.89. The summed E-state index contributed by atoms with van der Waals surface area (Å²) >= 11 is 4.21. The average molecular weight is 470 g/mol. The van der Waals surface area contributed by atoms with Crippen molar-refractivity contribution >= 4 is 24.5 Å². The van der Waals surface area contributed by atoms with Crippen molar-refractivity contribution < 1.29 is 28.2 Å². The molecule has 0 bridgehead atoms. The van der Waals surface area contributed by atoms with Gasteiger partial charge in [0.05, 0.1) is 0 Å². The van der Waals surface area contributed by atoms with E-state index >= 15 is 0 Å². The van der Waals surface area contributed by atoms with E-state index < -0.39 is 23.6 Å². The standard InChI is InChI=1S/C25H21F2NO4S/c26-20-12-19(23(33)13-21(20)27)16-6-8-18(9-7-16)32-14-15-3-1-4-17(11-15)24(29)28-10-2-5-22(28)25(30)31/h1,3-4,6-9,11-13,22,33H,2,5,10,14H2,(H,30,31)/t22-/m0/s1. The number of hydrogen-bond donors (Lipinski definition) is 2. The molecule has 1 N–H and O–H groups in total. The first kappa shape index (κ1) is 22.8. The minimum absolute atomic E-state index is 0.200. The molecule has 1 saturated heterocycles. The van der Waals surface area contributed by atoms with Crippen LogP contribution in [0.25, 0.3) is 11.1 Å². The molecule has 1 amide bonds. The largest absolute Gasteiger partial charge is 0.489 e. The first-order valence-electron chi connectivity index (χ1n) is 10.4. The number of benzene rings is 3. The van der Waals surface area contributed by atoms with E-state index in [0.717, 1.165) is 17.7 Å². The van der Waals surface area contributed by atoms with Gasteiger partial charge in [0.25, 0.3) is 5.91 Å². The molecule has 33 heavy (non-hydrogen) atoms. The first-order valence-corrected chi connectivity index (χ1v) is 10.8. The van der Waals surface area contributed by atoms with Crippen LogP contribution in [0.4, 0.5) is 8.78 Å². The van der Waals surface area contributed by atoms with Gasteiger partial charge in [-0.15, -0.1) is 12.6 Å². The topological polar surface area (TPSA) is 66.8 Å². The van der Waals surface area contributed by atoms with E-state index in [1.54, 1.807) is 42.5 Å². The van der Waals surface area contributed by atoms with Crippen molar-refractivity contribution in [2.45, 2.75) is 30.4 Å². The molecule has 0 unspecified atom stereocenters. The predicted molar refractivity (Wildman–Crippen MR) is 122 cm³/mol. The minimum Gasteiger partial charge on any atom is -0.489 e. The summed E-state index contributed by atoms with van der Waals surface area (Å²) in [6.07, 6.45) is 1.12. The molecule has 1 fully saturated rings. The molecule has 4 rings (SSSR count). The van der Waals surface area contributed by atoms with Gasteiger partial charge in [-0.25, -0.2) is 13.6 Å². The molecule has 5 nitrogen and oxygen atoms in total. The molecule has 1 atom stereocenters. The Balaban J connectivity index is 1.43. The number of amides is 1. The Morgan fingerprint density at radius 1 is 1.06 bits per heavy atom. The van der Waals surface area contributed by atoms with Crippen LogP contribution in [0.1, 0.15) is 28.8 Å². The van der Waals surface area contributed by atoms with Crippen LogP contribution in [-0.2, 0) is 11.4 Å². The molecule has 0 aliphatic carbocycles. The van der Waals surface area contributed by atoms with E-state index in [1.807, 2.05) is 6.07 Å². The number of carbonyl (C=O) groups is 2. The van der Waals surface area contributed by atoms with Crippen molar-refractivity contribution in [3.05, 3.63) is 83.4 Å². The molecule has 3 aromatic rings. The number of aliphatic carboxylic acids is 1. The maximum Gasteiger partial charge on any atom is 0.326 e. The zero-order valence-electron chi connectivity index (χ0n) is 17.5. The Labute approximate surface area is 195 Å². The summed E-state index contributed by atoms with van der Waals surface area (Å²) < 4.78 is 32.7. The summed E-state index contributed by atoms with van der Waals surface area (Å²) in [6.45, 7) is 0.626. The maximum atomic E-state index is 13.6. The van der Waals surface area contributed by atoms with Crippen LogP contribution in [0.2, 0.25) is 0 Å². The minimum atomic E-state index is -0.989. The quantitative estimate of drug-likeness (QED) is 0.488. The van der Waals surface area contributed by atoms with Crippen LogP contribution in [0, 0.1) is 11.6 Å². The molecule has 3 aromatic carbocycles. The number of thiol groups is 1. The van der Waals surface area contributed by atoms with Crippen LogP contribution in [0.3, 0.4) is 0 Å². The number of hydrogen-bond acceptors (Lipinski definition) is 4. The third kappa shape index (κ3) is 5.01. The Morgan fingerprint density at radius 3 is 2.52 bits per heavy atom. The van der Waals surface area contributed by atoms with Crippen molar-refractivity contribution in [1.29, 1.82) is 0 Å². The molecule has 0 spiro atoms. The Kier molecular flexibility index (Phi) is 6.65. The van der Waals surface area contributed by atoms with Gasteiger partial charge in [0.2, 0.25) is 0 Å². The zero-order chi connectivity index (χ0) is 23.5. The van der Waals surface area contributed by atoms with Crippen LogP contribution in [-0.4, -0.2) is 34.5 Å². The molecule has 1 aliphatic rings. The normalized spacial score (nSPS) is 15.5. The molecule has 1 aliphatic heterocycles. The van der Waals surface area contributed by atoms with Crippen LogP contribution in [0.5, 0.6) is 5.75 Å². The fourth-order valence-corrected chi connectivity index (χ4v) is 4.20. The smallest absolute Gasteiger partial charge is 0.326 e. The lowest BCUT2D eigenvalue weighted by atomic mass is 10.1. The van der Waals surface area contributed by atoms with Crippen LogP contribution < -0.4 is 4.74 Å². The van der Waals surface area contributed by atoms with E-state index in [9.17, 15) is 23.5 Å². The number of rotatable bonds is 6. The number of nitrogens with zero attached hydrogens (tertiary/aromatic N) is 1. The van der Waals surface area contributed by atoms with Crippen molar-refractivity contribution in [3.63, 3.8) is 0 Å². The molecule has 8 heteroatoms. The van der Waals surface area contributed by atoms with Gasteiger partial charge in [-0.05, 0) is 65.9 Å². The number of ether oxygens (including phenoxy) is 1. The molecule has 0 saturated carbocycles. The molecular weight excluding hydrogens is 448 g/mol. The maximum absolute atomic E-state index is 13.6. The van der Waals surface area contributed by atoms with E-state index in [4.69, 9.17) is 4.74 Å². The Hall–Kier alpha value is -3.39. The number of halogens is 2. The summed E-state index contributed by atoms with van der Waals surface area (Å²) in [5.74, 6) is -2.63. The average Bonchev–Trinajstić information content (AvgIpc) is 3.31. The Bertz CT molecular complexity index is 1200. The lowest BCUT2D eigenvalue weighted by molar-refractivity contribution is -0.141. The summed E-state index contributed by atoms with van der Waals surface area (Å²) in [6, 6.07) is 15.1. The van der Waals surface area contributed by atoms with Gasteiger partial charge in [-0.2, -0.15) is 0 Å². The number of carboxylic acid groups (broad SMARTS) is 1. The summed E-state index contributed by atoms with van der Waals surface area (Å²) in [7, 11) is 0. The molecule has 0 aromatic heterocycles. The fraction of sp³-hybridized carbons (Fsp3) is 0.200. The highest BCUT2D eigenvalue weighted by molar-refractivity contribution is 7.80. The van der Waals surface area contributed by atoms with Gasteiger partial charge in [0.1, 0.15) is 18.4 Å². The van der Waals surface area contributed by atoms with Gasteiger partial charge >= 0.3 is 5.97 Å². The van der Waals surface area contributed by atoms with E-state index in [1.165, 1.54) is 4.90 Å². The number of likely N-dealkylation sites (tertiary alicyclic amines) is 1. The third-order valence-corrected chi connectivity index (χ3v) is 5.95. The predicted octanol–water partition coefficient (Wildman–Crippen LogP) is 5.19. The number of carboxylic acids is 1. The van der Waals surface area contributed by atoms with Crippen LogP contribution >= 0.6 is 12.6 Å². The second kappa shape index (κ2) is 9.62. The van der Waals surface area contributed by atoms with Gasteiger partial charge in [-0.1, -0.05) is 24.3 Å². The van der Waals surface area contributed by atoms with Gasteiger partial charge < -0.3 is 14.7 Å². The third-order valence-electron chi connectivity index (χ3n) is 5.58. The molecule has 0 radical (unpaired) electrons. The summed E-state index contributed by atoms with van der Waals surface area (Å²) in [5.41, 5.74) is 2.31. The van der Waals surface area contributed by atoms with Crippen molar-refractivity contribution in [2.75, 3.05) is 6.54 Å². The highest BCUT2D eigenvalue weighted by Gasteiger charge is 2.34. The van der Waals surface area contributed by atoms with Crippen molar-refractivity contribution in [1.82, 2.24) is 4.90 Å². The highest BCUT2D eigenvalue weighted by Crippen LogP contribution is 2.30. The van der Waals surface area contributed by atoms with Gasteiger partial charge in [0.15, 0.2) is 11.6 Å². The van der Waals surface area contributed by atoms with E-state index in [2.05, 4.69) is 12.6 Å². The SMILES string of the molecule is O=C(O)[C@@H]1CCCN1C(=O)c1cccc(COc2ccc(-c3cc(F)c(F)cc3S)cc2)c1. The lowest BCUT2D eigenvalue weighted by Gasteiger charge is -2.21. The molecular formula is C25H21F2NO4S. The van der Waals surface area contributed by atoms with Gasteiger partial charge in [-0.3, -0.25) is 4.79 Å². The van der Waals surface area contributed by atoms with Crippen molar-refractivity contribution in [2.24, 2.45) is 0 Å². The van der Waals surface area contributed by atoms with Crippen molar-refractivity contribution in [3.8, 4) is 16.9 Å². The summed E-state index contributed by atoms with van der Waals surface area (Å²) in [4.78, 5) is 25.9. The molecule has 1 heterocycles. The van der Waals surface area contributed by atoms with E-state index in [-0.39, 0.29) is 12.5 Å². The zero-order valence-corrected chi connectivity index (χ0v) is 18.4. The first-order chi connectivity index (χ1) is 15.8. The van der Waals surface area contributed by atoms with Crippen LogP contribution in [0.15, 0.2) is 65.6 Å². The number of carbonyl (C=O) groups excluding carboxylic acids is 1. The van der Waals surface area contributed by atoms with Gasteiger partial charge in [0, 0.05) is 17.0 Å².